The lowest BCUT2D eigenvalue weighted by molar-refractivity contribution is -0.166. The van der Waals surface area contributed by atoms with E-state index in [1.54, 1.807) is 12.7 Å². The first-order chi connectivity index (χ1) is 10.8. The fraction of sp³-hybridized carbons (Fsp3) is 0.857. The van der Waals surface area contributed by atoms with Gasteiger partial charge in [-0.05, 0) is 74.5 Å². The molecule has 23 heavy (non-hydrogen) atoms. The highest BCUT2D eigenvalue weighted by Gasteiger charge is 2.57. The number of fused-ring (bicyclic) bond motifs is 3. The second kappa shape index (κ2) is 5.93. The van der Waals surface area contributed by atoms with Crippen LogP contribution in [0.2, 0.25) is 0 Å². The molecule has 2 heteroatoms. The first-order valence-electron chi connectivity index (χ1n) is 9.60. The lowest BCUT2D eigenvalue weighted by atomic mass is 9.46. The Kier molecular flexibility index (Phi) is 4.40. The van der Waals surface area contributed by atoms with Crippen molar-refractivity contribution >= 4 is 5.97 Å². The molecule has 0 saturated heterocycles. The zero-order chi connectivity index (χ0) is 16.8. The zero-order valence-electron chi connectivity index (χ0n) is 15.7. The Morgan fingerprint density at radius 1 is 1.26 bits per heavy atom. The minimum Gasteiger partial charge on any atom is -0.469 e. The van der Waals surface area contributed by atoms with E-state index in [9.17, 15) is 4.79 Å². The Morgan fingerprint density at radius 2 is 2.00 bits per heavy atom. The smallest absolute Gasteiger partial charge is 0.311 e. The first-order valence-corrected chi connectivity index (χ1v) is 9.60. The molecular weight excluding hydrogens is 284 g/mol. The molecule has 0 aromatic heterocycles. The third kappa shape index (κ3) is 2.57. The molecule has 0 N–H and O–H groups in total. The van der Waals surface area contributed by atoms with Crippen molar-refractivity contribution in [3.63, 3.8) is 0 Å². The Balaban J connectivity index is 1.92. The first kappa shape index (κ1) is 17.0. The predicted octanol–water partition coefficient (Wildman–Crippen LogP) is 5.37. The highest BCUT2D eigenvalue weighted by Crippen LogP contribution is 2.63. The minimum absolute atomic E-state index is 0.0149. The molecule has 2 fully saturated rings. The van der Waals surface area contributed by atoms with Crippen molar-refractivity contribution in [3.8, 4) is 0 Å². The van der Waals surface area contributed by atoms with Gasteiger partial charge in [-0.25, -0.2) is 0 Å². The van der Waals surface area contributed by atoms with Crippen LogP contribution in [0.1, 0.15) is 72.6 Å². The number of carbonyl (C=O) groups excluding carboxylic acids is 1. The average Bonchev–Trinajstić information content (AvgIpc) is 2.53. The van der Waals surface area contributed by atoms with E-state index in [0.29, 0.717) is 11.8 Å². The normalized spacial score (nSPS) is 43.4. The predicted molar refractivity (Wildman–Crippen MR) is 93.9 cm³/mol. The third-order valence-corrected chi connectivity index (χ3v) is 7.75. The summed E-state index contributed by atoms with van der Waals surface area (Å²) in [4.78, 5) is 12.5. The number of rotatable bonds is 2. The lowest BCUT2D eigenvalue weighted by Crippen LogP contribution is -2.53. The maximum atomic E-state index is 12.5. The van der Waals surface area contributed by atoms with Crippen molar-refractivity contribution in [2.45, 2.75) is 72.6 Å². The molecule has 0 heterocycles. The molecule has 0 aromatic carbocycles. The van der Waals surface area contributed by atoms with Gasteiger partial charge in [0.2, 0.25) is 0 Å². The Bertz CT molecular complexity index is 506. The SMILES string of the molecule is COC(=O)[C@]1(C)CCC[C@]2(C)[C@@H]3CC[C@@H](C(C)C)CC3=CC[C@H]21. The summed E-state index contributed by atoms with van der Waals surface area (Å²) in [6, 6.07) is 0. The molecule has 0 aliphatic heterocycles. The number of carbonyl (C=O) groups is 1. The van der Waals surface area contributed by atoms with Crippen LogP contribution in [-0.2, 0) is 9.53 Å². The van der Waals surface area contributed by atoms with E-state index in [0.717, 1.165) is 31.1 Å². The van der Waals surface area contributed by atoms with Gasteiger partial charge in [-0.3, -0.25) is 4.79 Å². The summed E-state index contributed by atoms with van der Waals surface area (Å²) in [5.74, 6) is 2.80. The summed E-state index contributed by atoms with van der Waals surface area (Å²) in [7, 11) is 1.55. The van der Waals surface area contributed by atoms with E-state index in [-0.39, 0.29) is 16.8 Å². The second-order valence-corrected chi connectivity index (χ2v) is 9.17. The number of allylic oxidation sites excluding steroid dienone is 2. The van der Waals surface area contributed by atoms with Crippen molar-refractivity contribution < 1.29 is 9.53 Å². The van der Waals surface area contributed by atoms with Gasteiger partial charge in [0, 0.05) is 0 Å². The average molecular weight is 319 g/mol. The zero-order valence-corrected chi connectivity index (χ0v) is 15.7. The van der Waals surface area contributed by atoms with E-state index in [1.165, 1.54) is 25.7 Å². The van der Waals surface area contributed by atoms with Gasteiger partial charge in [-0.2, -0.15) is 0 Å². The fourth-order valence-corrected chi connectivity index (χ4v) is 6.27. The Hall–Kier alpha value is -0.790. The molecule has 0 aromatic rings. The Morgan fingerprint density at radius 3 is 2.65 bits per heavy atom. The van der Waals surface area contributed by atoms with Crippen LogP contribution in [0.25, 0.3) is 0 Å². The highest BCUT2D eigenvalue weighted by atomic mass is 16.5. The molecule has 0 radical (unpaired) electrons. The van der Waals surface area contributed by atoms with E-state index < -0.39 is 0 Å². The lowest BCUT2D eigenvalue weighted by Gasteiger charge is -2.58. The highest BCUT2D eigenvalue weighted by molar-refractivity contribution is 5.77. The molecule has 2 nitrogen and oxygen atoms in total. The van der Waals surface area contributed by atoms with Gasteiger partial charge in [-0.15, -0.1) is 0 Å². The van der Waals surface area contributed by atoms with Crippen molar-refractivity contribution in [2.24, 2.45) is 34.5 Å². The van der Waals surface area contributed by atoms with Crippen LogP contribution >= 0.6 is 0 Å². The van der Waals surface area contributed by atoms with Gasteiger partial charge in [0.05, 0.1) is 12.5 Å². The number of hydrogen-bond acceptors (Lipinski definition) is 2. The number of hydrogen-bond donors (Lipinski definition) is 0. The molecule has 0 bridgehead atoms. The van der Waals surface area contributed by atoms with Crippen molar-refractivity contribution in [2.75, 3.05) is 7.11 Å². The van der Waals surface area contributed by atoms with Crippen LogP contribution in [-0.4, -0.2) is 13.1 Å². The molecule has 0 unspecified atom stereocenters. The van der Waals surface area contributed by atoms with Gasteiger partial charge in [0.1, 0.15) is 0 Å². The molecular formula is C21H34O2. The van der Waals surface area contributed by atoms with Crippen LogP contribution in [0.3, 0.4) is 0 Å². The van der Waals surface area contributed by atoms with Crippen LogP contribution in [0, 0.1) is 34.5 Å². The summed E-state index contributed by atoms with van der Waals surface area (Å²) in [5.41, 5.74) is 1.70. The molecule has 3 aliphatic rings. The van der Waals surface area contributed by atoms with Crippen LogP contribution < -0.4 is 0 Å². The van der Waals surface area contributed by atoms with E-state index in [4.69, 9.17) is 4.74 Å². The van der Waals surface area contributed by atoms with E-state index in [2.05, 4.69) is 33.8 Å². The topological polar surface area (TPSA) is 26.3 Å². The molecule has 3 aliphatic carbocycles. The summed E-state index contributed by atoms with van der Waals surface area (Å²) >= 11 is 0. The monoisotopic (exact) mass is 318 g/mol. The quantitative estimate of drug-likeness (QED) is 0.505. The van der Waals surface area contributed by atoms with Crippen molar-refractivity contribution in [1.29, 1.82) is 0 Å². The van der Waals surface area contributed by atoms with E-state index in [1.807, 2.05) is 0 Å². The molecule has 2 saturated carbocycles. The second-order valence-electron chi connectivity index (χ2n) is 9.17. The van der Waals surface area contributed by atoms with Gasteiger partial charge in [0.15, 0.2) is 0 Å². The summed E-state index contributed by atoms with van der Waals surface area (Å²) in [5, 5.41) is 0. The van der Waals surface area contributed by atoms with Gasteiger partial charge >= 0.3 is 5.97 Å². The summed E-state index contributed by atoms with van der Waals surface area (Å²) in [6.45, 7) is 9.38. The molecule has 5 atom stereocenters. The maximum Gasteiger partial charge on any atom is 0.311 e. The standard InChI is InChI=1S/C21H34O2/c1-14(2)15-7-9-17-16(13-15)8-10-18-20(17,3)11-6-12-21(18,4)19(22)23-5/h8,14-15,17-18H,6-7,9-13H2,1-5H3/t15-,17-,18-,20-,21-/m1/s1. The van der Waals surface area contributed by atoms with Gasteiger partial charge in [0.25, 0.3) is 0 Å². The molecule has 3 rings (SSSR count). The minimum atomic E-state index is -0.293. The Labute approximate surface area is 142 Å². The van der Waals surface area contributed by atoms with Crippen LogP contribution in [0.5, 0.6) is 0 Å². The number of esters is 1. The van der Waals surface area contributed by atoms with Gasteiger partial charge < -0.3 is 4.74 Å². The van der Waals surface area contributed by atoms with Gasteiger partial charge in [-0.1, -0.05) is 38.8 Å². The summed E-state index contributed by atoms with van der Waals surface area (Å²) in [6.07, 6.45) is 11.0. The fourth-order valence-electron chi connectivity index (χ4n) is 6.27. The molecule has 0 amide bonds. The third-order valence-electron chi connectivity index (χ3n) is 7.75. The van der Waals surface area contributed by atoms with Crippen LogP contribution in [0.4, 0.5) is 0 Å². The summed E-state index contributed by atoms with van der Waals surface area (Å²) < 4.78 is 5.21. The van der Waals surface area contributed by atoms with Crippen molar-refractivity contribution in [1.82, 2.24) is 0 Å². The molecule has 130 valence electrons. The number of ether oxygens (including phenoxy) is 1. The molecule has 0 spiro atoms. The largest absolute Gasteiger partial charge is 0.469 e. The number of methoxy groups -OCH3 is 1. The van der Waals surface area contributed by atoms with Crippen molar-refractivity contribution in [3.05, 3.63) is 11.6 Å². The maximum absolute atomic E-state index is 12.5. The van der Waals surface area contributed by atoms with Crippen LogP contribution in [0.15, 0.2) is 11.6 Å². The van der Waals surface area contributed by atoms with E-state index >= 15 is 0 Å².